The van der Waals surface area contributed by atoms with Crippen molar-refractivity contribution in [3.05, 3.63) is 60.7 Å². The van der Waals surface area contributed by atoms with Crippen molar-refractivity contribution in [2.75, 3.05) is 6.61 Å². The third kappa shape index (κ3) is 8.80. The maximum Gasteiger partial charge on any atom is 0.338 e. The minimum absolute atomic E-state index is 0.0119. The summed E-state index contributed by atoms with van der Waals surface area (Å²) in [4.78, 5) is 12.7. The Morgan fingerprint density at radius 2 is 1.41 bits per heavy atom. The first-order valence-electron chi connectivity index (χ1n) is 13.9. The Kier molecular flexibility index (Phi) is 9.82. The van der Waals surface area contributed by atoms with Crippen molar-refractivity contribution in [2.24, 2.45) is 17.3 Å². The van der Waals surface area contributed by atoms with Crippen LogP contribution in [0.25, 0.3) is 0 Å². The van der Waals surface area contributed by atoms with Gasteiger partial charge in [0.1, 0.15) is 5.60 Å². The van der Waals surface area contributed by atoms with Crippen LogP contribution in [0.1, 0.15) is 81.1 Å². The van der Waals surface area contributed by atoms with Gasteiger partial charge in [-0.2, -0.15) is 0 Å². The molecule has 204 valence electrons. The molecule has 0 saturated heterocycles. The monoisotopic (exact) mass is 524 g/mol. The standard InChI is InChI=1S/C32H48O4Si/c1-30(2,3)28(36-37(26-18-11-9-12-19-26)27-20-13-10-14-21-27)25-17-15-16-24(22-25)23-34-32(7,8)29(33)35-31(4,5)6/h9-14,18-21,24-25,28,37H,15-17,22-23H2,1-8H3/t24-,25+,28?/m0/s1. The van der Waals surface area contributed by atoms with Crippen LogP contribution >= 0.6 is 0 Å². The van der Waals surface area contributed by atoms with Gasteiger partial charge in [0.25, 0.3) is 0 Å². The lowest BCUT2D eigenvalue weighted by Gasteiger charge is -2.43. The molecule has 2 aromatic rings. The summed E-state index contributed by atoms with van der Waals surface area (Å²) >= 11 is 0. The lowest BCUT2D eigenvalue weighted by molar-refractivity contribution is -0.181. The van der Waals surface area contributed by atoms with Gasteiger partial charge in [0, 0.05) is 0 Å². The maximum absolute atomic E-state index is 12.7. The SMILES string of the molecule is CC(C)(C)OC(=O)C(C)(C)OC[C@H]1CCC[C@@H](C(O[SiH](c2ccccc2)c2ccccc2)C(C)(C)C)C1. The molecule has 0 amide bonds. The number of benzene rings is 2. The highest BCUT2D eigenvalue weighted by atomic mass is 28.3. The molecule has 0 radical (unpaired) electrons. The summed E-state index contributed by atoms with van der Waals surface area (Å²) in [6.45, 7) is 16.8. The highest BCUT2D eigenvalue weighted by Crippen LogP contribution is 2.40. The first kappa shape index (κ1) is 29.6. The number of hydrogen-bond donors (Lipinski definition) is 0. The van der Waals surface area contributed by atoms with Crippen LogP contribution in [-0.2, 0) is 18.7 Å². The van der Waals surface area contributed by atoms with Crippen LogP contribution in [0, 0.1) is 17.3 Å². The fourth-order valence-corrected chi connectivity index (χ4v) is 8.09. The summed E-state index contributed by atoms with van der Waals surface area (Å²) in [6, 6.07) is 21.5. The number of carbonyl (C=O) groups excluding carboxylic acids is 1. The summed E-state index contributed by atoms with van der Waals surface area (Å²) in [6.07, 6.45) is 4.64. The van der Waals surface area contributed by atoms with E-state index in [1.54, 1.807) is 0 Å². The maximum atomic E-state index is 12.7. The Morgan fingerprint density at radius 1 is 0.865 bits per heavy atom. The van der Waals surface area contributed by atoms with Crippen LogP contribution in [0.5, 0.6) is 0 Å². The van der Waals surface area contributed by atoms with Gasteiger partial charge in [-0.3, -0.25) is 0 Å². The van der Waals surface area contributed by atoms with Gasteiger partial charge >= 0.3 is 5.97 Å². The lowest BCUT2D eigenvalue weighted by atomic mass is 9.72. The van der Waals surface area contributed by atoms with Gasteiger partial charge < -0.3 is 13.9 Å². The molecular weight excluding hydrogens is 476 g/mol. The first-order valence-corrected chi connectivity index (χ1v) is 15.5. The summed E-state index contributed by atoms with van der Waals surface area (Å²) in [5.74, 6) is 0.555. The second-order valence-corrected chi connectivity index (χ2v) is 15.6. The van der Waals surface area contributed by atoms with E-state index in [0.717, 1.165) is 19.3 Å². The second kappa shape index (κ2) is 12.3. The summed E-state index contributed by atoms with van der Waals surface area (Å²) < 4.78 is 19.0. The Morgan fingerprint density at radius 3 is 1.89 bits per heavy atom. The molecule has 0 aliphatic heterocycles. The summed E-state index contributed by atoms with van der Waals surface area (Å²) in [7, 11) is -1.87. The number of carbonyl (C=O) groups is 1. The Hall–Kier alpha value is -1.95. The lowest BCUT2D eigenvalue weighted by Crippen LogP contribution is -2.52. The predicted octanol–water partition coefficient (Wildman–Crippen LogP) is 5.90. The van der Waals surface area contributed by atoms with Crippen molar-refractivity contribution in [1.82, 2.24) is 0 Å². The van der Waals surface area contributed by atoms with Crippen molar-refractivity contribution in [3.63, 3.8) is 0 Å². The second-order valence-electron chi connectivity index (χ2n) is 13.2. The molecule has 1 fully saturated rings. The molecule has 0 aromatic heterocycles. The third-order valence-electron chi connectivity index (χ3n) is 7.16. The molecule has 1 saturated carbocycles. The van der Waals surface area contributed by atoms with E-state index >= 15 is 0 Å². The average Bonchev–Trinajstić information content (AvgIpc) is 2.83. The van der Waals surface area contributed by atoms with Gasteiger partial charge in [0.2, 0.25) is 9.04 Å². The highest BCUT2D eigenvalue weighted by molar-refractivity contribution is 6.80. The van der Waals surface area contributed by atoms with Gasteiger partial charge in [0.05, 0.1) is 12.7 Å². The zero-order chi connectivity index (χ0) is 27.3. The third-order valence-corrected chi connectivity index (χ3v) is 9.71. The molecule has 3 rings (SSSR count). The zero-order valence-corrected chi connectivity index (χ0v) is 25.4. The zero-order valence-electron chi connectivity index (χ0n) is 24.3. The van der Waals surface area contributed by atoms with Crippen LogP contribution in [0.3, 0.4) is 0 Å². The number of hydrogen-bond acceptors (Lipinski definition) is 4. The molecule has 1 aliphatic rings. The fraction of sp³-hybridized carbons (Fsp3) is 0.594. The highest BCUT2D eigenvalue weighted by Gasteiger charge is 2.40. The first-order chi connectivity index (χ1) is 17.3. The van der Waals surface area contributed by atoms with E-state index in [9.17, 15) is 4.79 Å². The van der Waals surface area contributed by atoms with E-state index in [0.29, 0.717) is 18.4 Å². The molecule has 4 nitrogen and oxygen atoms in total. The van der Waals surface area contributed by atoms with E-state index in [-0.39, 0.29) is 17.5 Å². The Labute approximate surface area is 226 Å². The van der Waals surface area contributed by atoms with Gasteiger partial charge in [-0.1, -0.05) is 87.9 Å². The van der Waals surface area contributed by atoms with Crippen molar-refractivity contribution < 1.29 is 18.7 Å². The molecule has 1 unspecified atom stereocenters. The van der Waals surface area contributed by atoms with Crippen molar-refractivity contribution in [2.45, 2.75) is 98.4 Å². The van der Waals surface area contributed by atoms with E-state index in [1.165, 1.54) is 16.8 Å². The van der Waals surface area contributed by atoms with E-state index in [4.69, 9.17) is 13.9 Å². The Bertz CT molecular complexity index is 936. The molecular formula is C32H48O4Si. The van der Waals surface area contributed by atoms with E-state index < -0.39 is 20.2 Å². The minimum Gasteiger partial charge on any atom is -0.458 e. The Balaban J connectivity index is 1.74. The van der Waals surface area contributed by atoms with Crippen LogP contribution in [0.2, 0.25) is 0 Å². The molecule has 0 N–H and O–H groups in total. The summed E-state index contributed by atoms with van der Waals surface area (Å²) in [5.41, 5.74) is -1.47. The van der Waals surface area contributed by atoms with Crippen molar-refractivity contribution in [3.8, 4) is 0 Å². The molecule has 3 atom stereocenters. The minimum atomic E-state index is -1.87. The normalized spacial score (nSPS) is 20.0. The molecule has 0 bridgehead atoms. The largest absolute Gasteiger partial charge is 0.458 e. The van der Waals surface area contributed by atoms with E-state index in [1.807, 2.05) is 34.6 Å². The molecule has 1 aliphatic carbocycles. The molecule has 5 heteroatoms. The number of ether oxygens (including phenoxy) is 2. The smallest absolute Gasteiger partial charge is 0.338 e. The average molecular weight is 525 g/mol. The topological polar surface area (TPSA) is 44.8 Å². The predicted molar refractivity (Wildman–Crippen MR) is 155 cm³/mol. The molecule has 37 heavy (non-hydrogen) atoms. The molecule has 0 spiro atoms. The number of esters is 1. The van der Waals surface area contributed by atoms with E-state index in [2.05, 4.69) is 81.4 Å². The van der Waals surface area contributed by atoms with Gasteiger partial charge in [-0.25, -0.2) is 4.79 Å². The molecule has 0 heterocycles. The molecule has 2 aromatic carbocycles. The van der Waals surface area contributed by atoms with Crippen LogP contribution in [0.4, 0.5) is 0 Å². The van der Waals surface area contributed by atoms with Crippen molar-refractivity contribution >= 4 is 25.4 Å². The van der Waals surface area contributed by atoms with Crippen LogP contribution in [0.15, 0.2) is 60.7 Å². The van der Waals surface area contributed by atoms with Crippen LogP contribution in [-0.4, -0.2) is 38.9 Å². The van der Waals surface area contributed by atoms with Gasteiger partial charge in [0.15, 0.2) is 5.60 Å². The van der Waals surface area contributed by atoms with Crippen molar-refractivity contribution in [1.29, 1.82) is 0 Å². The van der Waals surface area contributed by atoms with Crippen LogP contribution < -0.4 is 10.4 Å². The quantitative estimate of drug-likeness (QED) is 0.303. The summed E-state index contributed by atoms with van der Waals surface area (Å²) in [5, 5.41) is 2.63. The fourth-order valence-electron chi connectivity index (χ4n) is 5.32. The van der Waals surface area contributed by atoms with Gasteiger partial charge in [-0.15, -0.1) is 0 Å². The van der Waals surface area contributed by atoms with Gasteiger partial charge in [-0.05, 0) is 81.5 Å². The number of rotatable bonds is 9.